The van der Waals surface area contributed by atoms with Crippen LogP contribution in [0.4, 0.5) is 4.79 Å². The molecule has 0 unspecified atom stereocenters. The molecule has 5 rings (SSSR count). The van der Waals surface area contributed by atoms with Crippen molar-refractivity contribution in [3.05, 3.63) is 52.6 Å². The zero-order valence-corrected chi connectivity index (χ0v) is 16.7. The molecule has 2 aromatic rings. The van der Waals surface area contributed by atoms with Crippen LogP contribution in [0.5, 0.6) is 0 Å². The van der Waals surface area contributed by atoms with Gasteiger partial charge in [0.05, 0.1) is 5.69 Å². The van der Waals surface area contributed by atoms with Gasteiger partial charge in [0.25, 0.3) is 5.56 Å². The quantitative estimate of drug-likeness (QED) is 0.813. The number of carbonyl (C=O) groups is 2. The van der Waals surface area contributed by atoms with Crippen LogP contribution in [0, 0.1) is 5.92 Å². The van der Waals surface area contributed by atoms with Crippen LogP contribution in [0.1, 0.15) is 30.9 Å². The highest BCUT2D eigenvalue weighted by Crippen LogP contribution is 2.37. The summed E-state index contributed by atoms with van der Waals surface area (Å²) in [6.07, 6.45) is 4.13. The van der Waals surface area contributed by atoms with Crippen LogP contribution in [-0.4, -0.2) is 57.0 Å². The van der Waals surface area contributed by atoms with E-state index in [1.165, 1.54) is 4.90 Å². The van der Waals surface area contributed by atoms with E-state index >= 15 is 0 Å². The van der Waals surface area contributed by atoms with E-state index in [0.29, 0.717) is 32.6 Å². The Hall–Kier alpha value is -3.16. The maximum atomic E-state index is 13.2. The van der Waals surface area contributed by atoms with Crippen LogP contribution in [0.3, 0.4) is 0 Å². The van der Waals surface area contributed by atoms with E-state index in [4.69, 9.17) is 5.73 Å². The molecule has 3 atom stereocenters. The zero-order chi connectivity index (χ0) is 20.8. The van der Waals surface area contributed by atoms with Crippen molar-refractivity contribution in [2.45, 2.75) is 37.8 Å². The van der Waals surface area contributed by atoms with Crippen LogP contribution < -0.4 is 11.3 Å². The first-order chi connectivity index (χ1) is 14.5. The molecule has 3 aliphatic heterocycles. The van der Waals surface area contributed by atoms with Gasteiger partial charge in [-0.25, -0.2) is 4.79 Å². The van der Waals surface area contributed by atoms with Crippen molar-refractivity contribution in [2.24, 2.45) is 11.7 Å². The summed E-state index contributed by atoms with van der Waals surface area (Å²) in [5.41, 5.74) is 8.00. The Kier molecular flexibility index (Phi) is 4.56. The summed E-state index contributed by atoms with van der Waals surface area (Å²) >= 11 is 0. The van der Waals surface area contributed by atoms with Gasteiger partial charge >= 0.3 is 6.03 Å². The van der Waals surface area contributed by atoms with Gasteiger partial charge in [-0.15, -0.1) is 0 Å². The molecule has 2 fully saturated rings. The van der Waals surface area contributed by atoms with Crippen molar-refractivity contribution in [2.75, 3.05) is 19.6 Å². The predicted molar refractivity (Wildman–Crippen MR) is 111 cm³/mol. The first-order valence-corrected chi connectivity index (χ1v) is 10.5. The fourth-order valence-electron chi connectivity index (χ4n) is 5.32. The zero-order valence-electron chi connectivity index (χ0n) is 16.7. The fraction of sp³-hybridized carbons (Fsp3) is 0.455. The highest BCUT2D eigenvalue weighted by molar-refractivity contribution is 5.87. The Morgan fingerprint density at radius 3 is 2.77 bits per heavy atom. The third-order valence-corrected chi connectivity index (χ3v) is 6.65. The number of hydrogen-bond acceptors (Lipinski definition) is 4. The number of aromatic nitrogens is 2. The number of urea groups is 1. The second kappa shape index (κ2) is 7.27. The molecule has 0 spiro atoms. The molecule has 156 valence electrons. The molecule has 2 aromatic heterocycles. The number of nitrogens with two attached hydrogens (primary N) is 1. The summed E-state index contributed by atoms with van der Waals surface area (Å²) in [6, 6.07) is 8.36. The van der Waals surface area contributed by atoms with Gasteiger partial charge in [-0.05, 0) is 43.4 Å². The van der Waals surface area contributed by atoms with E-state index in [0.717, 1.165) is 29.8 Å². The van der Waals surface area contributed by atoms with Crippen molar-refractivity contribution in [1.29, 1.82) is 0 Å². The second-order valence-corrected chi connectivity index (χ2v) is 8.56. The minimum Gasteiger partial charge on any atom is -0.351 e. The first-order valence-electron chi connectivity index (χ1n) is 10.5. The number of pyridine rings is 2. The van der Waals surface area contributed by atoms with Crippen LogP contribution in [0.25, 0.3) is 11.3 Å². The molecule has 0 radical (unpaired) electrons. The Balaban J connectivity index is 1.44. The minimum absolute atomic E-state index is 0.0154. The molecule has 2 bridgehead atoms. The van der Waals surface area contributed by atoms with E-state index < -0.39 is 12.1 Å². The van der Waals surface area contributed by atoms with E-state index in [9.17, 15) is 14.4 Å². The second-order valence-electron chi connectivity index (χ2n) is 8.56. The van der Waals surface area contributed by atoms with Crippen LogP contribution in [-0.2, 0) is 11.3 Å². The molecule has 3 amide bonds. The molecule has 0 saturated carbocycles. The summed E-state index contributed by atoms with van der Waals surface area (Å²) in [4.78, 5) is 45.5. The smallest absolute Gasteiger partial charge is 0.315 e. The summed E-state index contributed by atoms with van der Waals surface area (Å²) in [7, 11) is 0. The molecular formula is C22H25N5O3. The Bertz CT molecular complexity index is 1050. The summed E-state index contributed by atoms with van der Waals surface area (Å²) in [6.45, 7) is 2.33. The highest BCUT2D eigenvalue weighted by atomic mass is 16.2. The number of carbonyl (C=O) groups excluding carboxylic acids is 2. The Labute approximate surface area is 174 Å². The molecule has 8 heteroatoms. The van der Waals surface area contributed by atoms with Crippen molar-refractivity contribution in [1.82, 2.24) is 19.4 Å². The number of nitrogens with zero attached hydrogens (tertiary/aromatic N) is 4. The van der Waals surface area contributed by atoms with Gasteiger partial charge in [-0.1, -0.05) is 6.07 Å². The van der Waals surface area contributed by atoms with Crippen molar-refractivity contribution >= 4 is 11.9 Å². The maximum Gasteiger partial charge on any atom is 0.315 e. The monoisotopic (exact) mass is 407 g/mol. The average molecular weight is 407 g/mol. The molecule has 30 heavy (non-hydrogen) atoms. The number of primary amides is 1. The number of rotatable bonds is 2. The molecule has 3 aliphatic rings. The normalized spacial score (nSPS) is 25.1. The molecule has 2 N–H and O–H groups in total. The van der Waals surface area contributed by atoms with Gasteiger partial charge in [0.15, 0.2) is 0 Å². The van der Waals surface area contributed by atoms with E-state index in [2.05, 4.69) is 4.98 Å². The standard InChI is InChI=1S/C22H25N5O3/c23-22(30)26-7-3-5-18(26)21(29)25-11-14-8-16(13-25)19-9-15(10-20(28)27(19)12-14)17-4-1-2-6-24-17/h1-2,4,6,9-10,14,16,18H,3,5,7-8,11-13H2,(H2,23,30)/t14-,16+,18-/m0/s1. The number of hydrogen-bond donors (Lipinski definition) is 1. The number of fused-ring (bicyclic) bond motifs is 4. The lowest BCUT2D eigenvalue weighted by molar-refractivity contribution is -0.137. The lowest BCUT2D eigenvalue weighted by Crippen LogP contribution is -2.55. The fourth-order valence-corrected chi connectivity index (χ4v) is 5.32. The van der Waals surface area contributed by atoms with Crippen molar-refractivity contribution in [3.8, 4) is 11.3 Å². The third kappa shape index (κ3) is 3.16. The largest absolute Gasteiger partial charge is 0.351 e. The molecule has 5 heterocycles. The van der Waals surface area contributed by atoms with E-state index in [-0.39, 0.29) is 23.3 Å². The van der Waals surface area contributed by atoms with Gasteiger partial charge in [-0.2, -0.15) is 0 Å². The van der Waals surface area contributed by atoms with E-state index in [1.54, 1.807) is 12.3 Å². The number of likely N-dealkylation sites (tertiary alicyclic amines) is 2. The molecule has 2 saturated heterocycles. The Morgan fingerprint density at radius 2 is 2.00 bits per heavy atom. The number of piperidine rings is 1. The van der Waals surface area contributed by atoms with Crippen LogP contribution in [0.15, 0.2) is 41.3 Å². The summed E-state index contributed by atoms with van der Waals surface area (Å²) < 4.78 is 1.86. The SMILES string of the molecule is NC(=O)N1CCC[C@H]1C(=O)N1C[C@@H]2C[C@H](C1)c1cc(-c3ccccn3)cc(=O)n1C2. The van der Waals surface area contributed by atoms with E-state index in [1.807, 2.05) is 33.7 Å². The van der Waals surface area contributed by atoms with Crippen LogP contribution >= 0.6 is 0 Å². The lowest BCUT2D eigenvalue weighted by atomic mass is 9.82. The van der Waals surface area contributed by atoms with Gasteiger partial charge < -0.3 is 20.1 Å². The predicted octanol–water partition coefficient (Wildman–Crippen LogP) is 1.40. The highest BCUT2D eigenvalue weighted by Gasteiger charge is 2.41. The maximum absolute atomic E-state index is 13.2. The average Bonchev–Trinajstić information content (AvgIpc) is 3.24. The Morgan fingerprint density at radius 1 is 1.13 bits per heavy atom. The van der Waals surface area contributed by atoms with Crippen molar-refractivity contribution in [3.63, 3.8) is 0 Å². The number of amides is 3. The van der Waals surface area contributed by atoms with Gasteiger partial charge in [-0.3, -0.25) is 14.6 Å². The topological polar surface area (TPSA) is 102 Å². The lowest BCUT2D eigenvalue weighted by Gasteiger charge is -2.44. The summed E-state index contributed by atoms with van der Waals surface area (Å²) in [5.74, 6) is 0.320. The molecule has 0 aromatic carbocycles. The van der Waals surface area contributed by atoms with Gasteiger partial charge in [0.1, 0.15) is 6.04 Å². The molecule has 0 aliphatic carbocycles. The third-order valence-electron chi connectivity index (χ3n) is 6.65. The molecule has 8 nitrogen and oxygen atoms in total. The first kappa shape index (κ1) is 18.8. The minimum atomic E-state index is -0.528. The van der Waals surface area contributed by atoms with Gasteiger partial charge in [0.2, 0.25) is 5.91 Å². The molecular weight excluding hydrogens is 382 g/mol. The van der Waals surface area contributed by atoms with Gasteiger partial charge in [0, 0.05) is 55.6 Å². The summed E-state index contributed by atoms with van der Waals surface area (Å²) in [5, 5.41) is 0. The van der Waals surface area contributed by atoms with Crippen molar-refractivity contribution < 1.29 is 9.59 Å². The van der Waals surface area contributed by atoms with Crippen LogP contribution in [0.2, 0.25) is 0 Å².